The summed E-state index contributed by atoms with van der Waals surface area (Å²) in [7, 11) is 3.27. The van der Waals surface area contributed by atoms with Crippen molar-refractivity contribution in [1.82, 2.24) is 14.0 Å². The van der Waals surface area contributed by atoms with Crippen LogP contribution in [-0.2, 0) is 19.8 Å². The number of methoxy groups -OCH3 is 2. The predicted molar refractivity (Wildman–Crippen MR) is 98.5 cm³/mol. The fourth-order valence-electron chi connectivity index (χ4n) is 3.44. The second-order valence-corrected chi connectivity index (χ2v) is 6.64. The van der Waals surface area contributed by atoms with Crippen molar-refractivity contribution in [3.63, 3.8) is 0 Å². The Morgan fingerprint density at radius 2 is 1.84 bits per heavy atom. The van der Waals surface area contributed by atoms with E-state index in [0.29, 0.717) is 25.5 Å². The number of nitrogens with zero attached hydrogens (tertiary/aromatic N) is 3. The number of β-amino-alcohol motifs (C(OH)–C–C–N with tert-alkyl or cyclic N) is 1. The molecule has 0 fully saturated rings. The Balaban J connectivity index is 1.87. The molecule has 2 aromatic rings. The number of benzene rings is 1. The topological polar surface area (TPSA) is 51.8 Å². The van der Waals surface area contributed by atoms with E-state index in [1.54, 1.807) is 14.2 Å². The Morgan fingerprint density at radius 1 is 1.16 bits per heavy atom. The maximum Gasteiger partial charge on any atom is 0.180 e. The second-order valence-electron chi connectivity index (χ2n) is 6.27. The Bertz CT molecular complexity index is 799. The number of ether oxygens (including phenoxy) is 2. The smallest absolute Gasteiger partial charge is 0.180 e. The molecule has 0 saturated heterocycles. The average molecular weight is 363 g/mol. The third-order valence-corrected chi connectivity index (χ3v) is 5.06. The Kier molecular flexibility index (Phi) is 5.46. The first-order chi connectivity index (χ1) is 12.1. The number of imidazole rings is 1. The monoisotopic (exact) mass is 363 g/mol. The highest BCUT2D eigenvalue weighted by atomic mass is 32.1. The van der Waals surface area contributed by atoms with Gasteiger partial charge in [0.15, 0.2) is 4.77 Å². The average Bonchev–Trinajstić information content (AvgIpc) is 2.94. The fraction of sp³-hybridized carbons (Fsp3) is 0.500. The zero-order chi connectivity index (χ0) is 18.0. The molecule has 0 unspecified atom stereocenters. The van der Waals surface area contributed by atoms with Gasteiger partial charge >= 0.3 is 0 Å². The van der Waals surface area contributed by atoms with Crippen LogP contribution in [0.3, 0.4) is 0 Å². The third kappa shape index (κ3) is 3.44. The number of aromatic nitrogens is 2. The van der Waals surface area contributed by atoms with E-state index in [1.165, 1.54) is 0 Å². The second kappa shape index (κ2) is 7.59. The first-order valence-electron chi connectivity index (χ1n) is 8.48. The van der Waals surface area contributed by atoms with Crippen LogP contribution in [0, 0.1) is 4.77 Å². The van der Waals surface area contributed by atoms with Crippen LogP contribution in [0.5, 0.6) is 11.5 Å². The zero-order valence-electron chi connectivity index (χ0n) is 14.9. The van der Waals surface area contributed by atoms with Crippen LogP contribution < -0.4 is 9.47 Å². The van der Waals surface area contributed by atoms with Gasteiger partial charge in [-0.15, -0.1) is 0 Å². The van der Waals surface area contributed by atoms with Gasteiger partial charge in [-0.05, 0) is 30.8 Å². The Morgan fingerprint density at radius 3 is 2.52 bits per heavy atom. The Hall–Kier alpha value is -1.83. The van der Waals surface area contributed by atoms with Crippen molar-refractivity contribution in [3.05, 3.63) is 40.4 Å². The van der Waals surface area contributed by atoms with Crippen LogP contribution in [0.4, 0.5) is 0 Å². The van der Waals surface area contributed by atoms with Crippen molar-refractivity contribution in [3.8, 4) is 11.5 Å². The predicted octanol–water partition coefficient (Wildman–Crippen LogP) is 2.95. The van der Waals surface area contributed by atoms with Crippen LogP contribution in [0.25, 0.3) is 0 Å². The van der Waals surface area contributed by atoms with E-state index < -0.39 is 6.10 Å². The lowest BCUT2D eigenvalue weighted by Crippen LogP contribution is -2.35. The van der Waals surface area contributed by atoms with Crippen molar-refractivity contribution in [1.29, 1.82) is 0 Å². The van der Waals surface area contributed by atoms with Gasteiger partial charge in [0.1, 0.15) is 11.5 Å². The SMILES string of the molecule is CCCn1ccn(CN2Cc3c(OC)ccc(OC)c3[C@@H](O)C2)c1=S. The van der Waals surface area contributed by atoms with Crippen LogP contribution in [0.15, 0.2) is 24.5 Å². The largest absolute Gasteiger partial charge is 0.496 e. The molecule has 1 aromatic heterocycles. The highest BCUT2D eigenvalue weighted by Crippen LogP contribution is 2.39. The molecule has 25 heavy (non-hydrogen) atoms. The van der Waals surface area contributed by atoms with E-state index in [2.05, 4.69) is 16.4 Å². The summed E-state index contributed by atoms with van der Waals surface area (Å²) in [6.07, 6.45) is 4.44. The molecule has 1 N–H and O–H groups in total. The number of aryl methyl sites for hydroxylation is 1. The summed E-state index contributed by atoms with van der Waals surface area (Å²) in [5, 5.41) is 10.7. The highest BCUT2D eigenvalue weighted by molar-refractivity contribution is 7.71. The summed E-state index contributed by atoms with van der Waals surface area (Å²) in [6.45, 7) is 4.89. The van der Waals surface area contributed by atoms with Gasteiger partial charge in [-0.1, -0.05) is 6.92 Å². The normalized spacial score (nSPS) is 17.4. The summed E-state index contributed by atoms with van der Waals surface area (Å²) < 4.78 is 15.8. The molecule has 3 rings (SSSR count). The summed E-state index contributed by atoms with van der Waals surface area (Å²) in [5.74, 6) is 1.47. The minimum atomic E-state index is -0.624. The number of fused-ring (bicyclic) bond motifs is 1. The molecule has 0 aliphatic carbocycles. The molecule has 0 spiro atoms. The van der Waals surface area contributed by atoms with Crippen LogP contribution in [0.1, 0.15) is 30.6 Å². The third-order valence-electron chi connectivity index (χ3n) is 4.59. The molecule has 1 aliphatic rings. The number of aliphatic hydroxyl groups excluding tert-OH is 1. The van der Waals surface area contributed by atoms with Gasteiger partial charge in [-0.2, -0.15) is 0 Å². The molecular weight excluding hydrogens is 338 g/mol. The lowest BCUT2D eigenvalue weighted by molar-refractivity contribution is 0.0699. The molecular formula is C18H25N3O3S. The lowest BCUT2D eigenvalue weighted by atomic mass is 9.95. The maximum atomic E-state index is 10.7. The van der Waals surface area contributed by atoms with Crippen LogP contribution in [-0.4, -0.2) is 39.9 Å². The molecule has 1 aromatic carbocycles. The van der Waals surface area contributed by atoms with Gasteiger partial charge in [0, 0.05) is 43.2 Å². The number of rotatable bonds is 6. The molecule has 0 amide bonds. The van der Waals surface area contributed by atoms with Gasteiger partial charge < -0.3 is 23.7 Å². The fourth-order valence-corrected chi connectivity index (χ4v) is 3.71. The van der Waals surface area contributed by atoms with Crippen LogP contribution >= 0.6 is 12.2 Å². The van der Waals surface area contributed by atoms with Crippen molar-refractivity contribution in [2.75, 3.05) is 20.8 Å². The first kappa shape index (κ1) is 18.0. The molecule has 7 heteroatoms. The van der Waals surface area contributed by atoms with Crippen molar-refractivity contribution in [2.45, 2.75) is 39.2 Å². The molecule has 2 heterocycles. The lowest BCUT2D eigenvalue weighted by Gasteiger charge is -2.34. The number of hydrogen-bond donors (Lipinski definition) is 1. The molecule has 0 saturated carbocycles. The zero-order valence-corrected chi connectivity index (χ0v) is 15.8. The quantitative estimate of drug-likeness (QED) is 0.800. The summed E-state index contributed by atoms with van der Waals surface area (Å²) in [4.78, 5) is 2.17. The molecule has 1 aliphatic heterocycles. The van der Waals surface area contributed by atoms with E-state index in [0.717, 1.165) is 34.6 Å². The minimum Gasteiger partial charge on any atom is -0.496 e. The first-order valence-corrected chi connectivity index (χ1v) is 8.89. The van der Waals surface area contributed by atoms with Gasteiger partial charge in [-0.25, -0.2) is 0 Å². The van der Waals surface area contributed by atoms with Gasteiger partial charge in [0.25, 0.3) is 0 Å². The standard InChI is InChI=1S/C18H25N3O3S/c1-4-7-20-8-9-21(18(20)25)12-19-10-13-15(23-2)5-6-16(24-3)17(13)14(22)11-19/h5-6,8-9,14,22H,4,7,10-12H2,1-3H3/t14-/m0/s1. The Labute approximate surface area is 153 Å². The summed E-state index contributed by atoms with van der Waals surface area (Å²) >= 11 is 5.55. The molecule has 136 valence electrons. The molecule has 1 atom stereocenters. The molecule has 6 nitrogen and oxygen atoms in total. The minimum absolute atomic E-state index is 0.525. The van der Waals surface area contributed by atoms with E-state index in [4.69, 9.17) is 21.7 Å². The highest BCUT2D eigenvalue weighted by Gasteiger charge is 2.29. The van der Waals surface area contributed by atoms with Gasteiger partial charge in [-0.3, -0.25) is 4.90 Å². The van der Waals surface area contributed by atoms with Crippen LogP contribution in [0.2, 0.25) is 0 Å². The molecule has 0 radical (unpaired) electrons. The van der Waals surface area contributed by atoms with E-state index >= 15 is 0 Å². The van der Waals surface area contributed by atoms with Crippen molar-refractivity contribution >= 4 is 12.2 Å². The summed E-state index contributed by atoms with van der Waals surface area (Å²) in [5.41, 5.74) is 1.80. The van der Waals surface area contributed by atoms with E-state index in [-0.39, 0.29) is 0 Å². The van der Waals surface area contributed by atoms with E-state index in [9.17, 15) is 5.11 Å². The van der Waals surface area contributed by atoms with Crippen molar-refractivity contribution < 1.29 is 14.6 Å². The molecule has 0 bridgehead atoms. The number of hydrogen-bond acceptors (Lipinski definition) is 5. The van der Waals surface area contributed by atoms with E-state index in [1.807, 2.05) is 29.1 Å². The maximum absolute atomic E-state index is 10.7. The van der Waals surface area contributed by atoms with Crippen molar-refractivity contribution in [2.24, 2.45) is 0 Å². The van der Waals surface area contributed by atoms with Gasteiger partial charge in [0.05, 0.1) is 27.0 Å². The number of aliphatic hydroxyl groups is 1. The summed E-state index contributed by atoms with van der Waals surface area (Å²) in [6, 6.07) is 3.73. The van der Waals surface area contributed by atoms with Gasteiger partial charge in [0.2, 0.25) is 0 Å².